The molecule has 0 aromatic carbocycles. The fraction of sp³-hybridized carbons (Fsp3) is 0.733. The van der Waals surface area contributed by atoms with Crippen LogP contribution in [-0.4, -0.2) is 11.8 Å². The number of carbonyl (C=O) groups is 2. The summed E-state index contributed by atoms with van der Waals surface area (Å²) in [5.74, 6) is -1.35. The van der Waals surface area contributed by atoms with Gasteiger partial charge in [0.15, 0.2) is 5.78 Å². The molecule has 2 saturated carbocycles. The summed E-state index contributed by atoms with van der Waals surface area (Å²) < 4.78 is 0. The van der Waals surface area contributed by atoms with Gasteiger partial charge in [0.1, 0.15) is 0 Å². The summed E-state index contributed by atoms with van der Waals surface area (Å²) in [6, 6.07) is 0. The molecule has 0 radical (unpaired) electrons. The third-order valence-corrected chi connectivity index (χ3v) is 5.49. The Hall–Kier alpha value is -1.12. The van der Waals surface area contributed by atoms with Gasteiger partial charge >= 0.3 is 0 Å². The second-order valence-electron chi connectivity index (χ2n) is 6.43. The fourth-order valence-electron chi connectivity index (χ4n) is 3.69. The van der Waals surface area contributed by atoms with Gasteiger partial charge < -0.3 is 9.90 Å². The van der Waals surface area contributed by atoms with Crippen molar-refractivity contribution in [3.63, 3.8) is 0 Å². The average molecular weight is 249 g/mol. The molecule has 2 bridgehead atoms. The molecule has 18 heavy (non-hydrogen) atoms. The van der Waals surface area contributed by atoms with Crippen molar-refractivity contribution in [1.82, 2.24) is 0 Å². The molecule has 2 aliphatic carbocycles. The average Bonchev–Trinajstić information content (AvgIpc) is 2.59. The number of fused-ring (bicyclic) bond motifs is 2. The number of carboxylic acids is 1. The maximum absolute atomic E-state index is 12.5. The zero-order valence-corrected chi connectivity index (χ0v) is 11.6. The van der Waals surface area contributed by atoms with E-state index in [9.17, 15) is 14.7 Å². The lowest BCUT2D eigenvalue weighted by atomic mass is 9.70. The quantitative estimate of drug-likeness (QED) is 0.715. The molecule has 0 aromatic rings. The zero-order chi connectivity index (χ0) is 13.7. The van der Waals surface area contributed by atoms with E-state index >= 15 is 0 Å². The number of carbonyl (C=O) groups excluding carboxylic acids is 2. The van der Waals surface area contributed by atoms with Crippen LogP contribution in [0, 0.1) is 22.7 Å². The van der Waals surface area contributed by atoms with Crippen molar-refractivity contribution in [3.8, 4) is 0 Å². The Bertz CT molecular complexity index is 433. The maximum atomic E-state index is 12.5. The van der Waals surface area contributed by atoms with E-state index < -0.39 is 11.9 Å². The third-order valence-electron chi connectivity index (χ3n) is 5.49. The summed E-state index contributed by atoms with van der Waals surface area (Å²) in [5, 5.41) is 11.0. The summed E-state index contributed by atoms with van der Waals surface area (Å²) >= 11 is 0. The molecule has 0 aliphatic heterocycles. The van der Waals surface area contributed by atoms with Crippen molar-refractivity contribution >= 4 is 11.8 Å². The minimum atomic E-state index is -1.08. The molecule has 0 heterocycles. The first-order valence-electron chi connectivity index (χ1n) is 6.73. The second kappa shape index (κ2) is 3.94. The van der Waals surface area contributed by atoms with Gasteiger partial charge in [-0.25, -0.2) is 0 Å². The summed E-state index contributed by atoms with van der Waals surface area (Å²) in [7, 11) is 0. The van der Waals surface area contributed by atoms with E-state index in [-0.39, 0.29) is 22.5 Å². The van der Waals surface area contributed by atoms with Gasteiger partial charge in [-0.05, 0) is 36.2 Å². The minimum Gasteiger partial charge on any atom is -0.550 e. The highest BCUT2D eigenvalue weighted by Gasteiger charge is 2.63. The smallest absolute Gasteiger partial charge is 0.165 e. The van der Waals surface area contributed by atoms with Gasteiger partial charge in [-0.2, -0.15) is 0 Å². The highest BCUT2D eigenvalue weighted by molar-refractivity contribution is 6.05. The van der Waals surface area contributed by atoms with Crippen molar-refractivity contribution < 1.29 is 14.7 Å². The van der Waals surface area contributed by atoms with Crippen molar-refractivity contribution in [2.24, 2.45) is 22.7 Å². The monoisotopic (exact) mass is 249 g/mol. The number of hydrogen-bond acceptors (Lipinski definition) is 3. The largest absolute Gasteiger partial charge is 0.550 e. The van der Waals surface area contributed by atoms with Gasteiger partial charge in [0.05, 0.1) is 0 Å². The zero-order valence-electron chi connectivity index (χ0n) is 11.6. The Morgan fingerprint density at radius 2 is 2.11 bits per heavy atom. The summed E-state index contributed by atoms with van der Waals surface area (Å²) in [6.45, 7) is 8.09. The molecule has 100 valence electrons. The van der Waals surface area contributed by atoms with E-state index in [4.69, 9.17) is 0 Å². The Morgan fingerprint density at radius 1 is 1.50 bits per heavy atom. The molecule has 3 atom stereocenters. The van der Waals surface area contributed by atoms with Crippen molar-refractivity contribution in [2.45, 2.75) is 47.0 Å². The summed E-state index contributed by atoms with van der Waals surface area (Å²) in [4.78, 5) is 23.5. The summed E-state index contributed by atoms with van der Waals surface area (Å²) in [5.41, 5.74) is 0.373. The van der Waals surface area contributed by atoms with Gasteiger partial charge in [0.25, 0.3) is 0 Å². The van der Waals surface area contributed by atoms with Crippen LogP contribution < -0.4 is 5.11 Å². The number of allylic oxidation sites excluding steroid dienone is 1. The van der Waals surface area contributed by atoms with Crippen LogP contribution in [0.2, 0.25) is 0 Å². The molecule has 2 aliphatic rings. The molecule has 0 amide bonds. The molecule has 0 unspecified atom stereocenters. The van der Waals surface area contributed by atoms with Gasteiger partial charge in [-0.3, -0.25) is 4.79 Å². The fourth-order valence-corrected chi connectivity index (χ4v) is 3.69. The molecule has 0 aromatic heterocycles. The molecule has 0 N–H and O–H groups in total. The molecular weight excluding hydrogens is 228 g/mol. The Kier molecular flexibility index (Phi) is 2.91. The van der Waals surface area contributed by atoms with Crippen LogP contribution in [0.5, 0.6) is 0 Å². The minimum absolute atomic E-state index is 0.0554. The van der Waals surface area contributed by atoms with Crippen molar-refractivity contribution in [3.05, 3.63) is 11.6 Å². The van der Waals surface area contributed by atoms with E-state index in [1.165, 1.54) is 0 Å². The predicted octanol–water partition coefficient (Wildman–Crippen LogP) is 1.71. The standard InChI is InChI=1S/C15H22O3/c1-5-9(13(17)18)8-10-11-6-7-15(4,12(10)16)14(11,2)3/h8-9,11H,5-7H2,1-4H3,(H,17,18)/p-1/b10-8+/t9-,11-,15+/m1/s1. The molecule has 3 heteroatoms. The van der Waals surface area contributed by atoms with E-state index in [0.29, 0.717) is 6.42 Å². The Labute approximate surface area is 108 Å². The van der Waals surface area contributed by atoms with Gasteiger partial charge in [-0.1, -0.05) is 33.8 Å². The Balaban J connectivity index is 2.41. The van der Waals surface area contributed by atoms with Gasteiger partial charge in [0.2, 0.25) is 0 Å². The van der Waals surface area contributed by atoms with Crippen LogP contribution in [0.15, 0.2) is 11.6 Å². The normalized spacial score (nSPS) is 37.2. The number of aliphatic carboxylic acids is 1. The molecule has 0 saturated heterocycles. The SMILES string of the molecule is CC[C@H](/C=C1/C(=O)[C@]2(C)CC[C@H]1C2(C)C)C(=O)[O-]. The van der Waals surface area contributed by atoms with Crippen LogP contribution in [0.4, 0.5) is 0 Å². The van der Waals surface area contributed by atoms with E-state index in [2.05, 4.69) is 13.8 Å². The van der Waals surface area contributed by atoms with Crippen molar-refractivity contribution in [2.75, 3.05) is 0 Å². The molecular formula is C15H21O3-. The third kappa shape index (κ3) is 1.49. The van der Waals surface area contributed by atoms with Gasteiger partial charge in [0, 0.05) is 17.3 Å². The van der Waals surface area contributed by atoms with Crippen LogP contribution >= 0.6 is 0 Å². The predicted molar refractivity (Wildman–Crippen MR) is 66.5 cm³/mol. The topological polar surface area (TPSA) is 57.2 Å². The lowest BCUT2D eigenvalue weighted by molar-refractivity contribution is -0.309. The first-order chi connectivity index (χ1) is 8.25. The van der Waals surface area contributed by atoms with Crippen LogP contribution in [0.1, 0.15) is 47.0 Å². The number of rotatable bonds is 3. The van der Waals surface area contributed by atoms with Crippen LogP contribution in [0.25, 0.3) is 0 Å². The first-order valence-corrected chi connectivity index (χ1v) is 6.73. The molecule has 2 fully saturated rings. The maximum Gasteiger partial charge on any atom is 0.165 e. The molecule has 2 rings (SSSR count). The lowest BCUT2D eigenvalue weighted by Crippen LogP contribution is -2.33. The highest BCUT2D eigenvalue weighted by atomic mass is 16.4. The van der Waals surface area contributed by atoms with E-state index in [0.717, 1.165) is 18.4 Å². The Morgan fingerprint density at radius 3 is 2.50 bits per heavy atom. The lowest BCUT2D eigenvalue weighted by Gasteiger charge is -2.31. The van der Waals surface area contributed by atoms with Crippen LogP contribution in [-0.2, 0) is 9.59 Å². The van der Waals surface area contributed by atoms with Gasteiger partial charge in [-0.15, -0.1) is 0 Å². The second-order valence-corrected chi connectivity index (χ2v) is 6.43. The van der Waals surface area contributed by atoms with Crippen LogP contribution in [0.3, 0.4) is 0 Å². The molecule has 0 spiro atoms. The number of ketones is 1. The first kappa shape index (κ1) is 13.3. The number of carboxylic acid groups (broad SMARTS) is 1. The van der Waals surface area contributed by atoms with E-state index in [1.54, 1.807) is 6.08 Å². The number of hydrogen-bond donors (Lipinski definition) is 0. The highest BCUT2D eigenvalue weighted by Crippen LogP contribution is 2.65. The van der Waals surface area contributed by atoms with Crippen molar-refractivity contribution in [1.29, 1.82) is 0 Å². The molecule has 3 nitrogen and oxygen atoms in total. The van der Waals surface area contributed by atoms with E-state index in [1.807, 2.05) is 13.8 Å². The number of Topliss-reactive ketones (excluding diaryl/α,β-unsaturated/α-hetero) is 1. The summed E-state index contributed by atoms with van der Waals surface area (Å²) in [6.07, 6.45) is 4.05.